The second kappa shape index (κ2) is 5.88. The Morgan fingerprint density at radius 3 is 2.59 bits per heavy atom. The number of hydrogen-bond donors (Lipinski definition) is 2. The Kier molecular flexibility index (Phi) is 4.15. The minimum Gasteiger partial charge on any atom is -0.476 e. The number of carbonyl (C=O) groups is 2. The fourth-order valence-corrected chi connectivity index (χ4v) is 1.67. The summed E-state index contributed by atoms with van der Waals surface area (Å²) in [4.78, 5) is 21.5. The summed E-state index contributed by atoms with van der Waals surface area (Å²) in [5.74, 6) is -3.21. The van der Waals surface area contributed by atoms with Crippen LogP contribution in [0.15, 0.2) is 36.5 Å². The molecule has 1 aromatic carbocycles. The Morgan fingerprint density at radius 2 is 2.00 bits per heavy atom. The number of carbonyl (C=O) groups excluding carboxylic acids is 1. The summed E-state index contributed by atoms with van der Waals surface area (Å²) in [5.41, 5.74) is 0.726. The number of halogens is 3. The molecular formula is C13H10F3N3O3. The van der Waals surface area contributed by atoms with Gasteiger partial charge in [0.05, 0.1) is 5.69 Å². The average Bonchev–Trinajstić information content (AvgIpc) is 2.94. The van der Waals surface area contributed by atoms with Gasteiger partial charge in [-0.15, -0.1) is 0 Å². The fourth-order valence-electron chi connectivity index (χ4n) is 1.67. The molecule has 9 heteroatoms. The van der Waals surface area contributed by atoms with Crippen molar-refractivity contribution in [1.29, 1.82) is 0 Å². The van der Waals surface area contributed by atoms with Crippen LogP contribution in [0.25, 0.3) is 5.69 Å². The van der Waals surface area contributed by atoms with E-state index in [4.69, 9.17) is 5.11 Å². The molecule has 0 bridgehead atoms. The maximum Gasteiger partial charge on any atom is 0.471 e. The van der Waals surface area contributed by atoms with Gasteiger partial charge < -0.3 is 10.4 Å². The number of benzene rings is 1. The molecule has 2 rings (SSSR count). The lowest BCUT2D eigenvalue weighted by molar-refractivity contribution is -0.173. The first-order valence-electron chi connectivity index (χ1n) is 6.00. The lowest BCUT2D eigenvalue weighted by Gasteiger charge is -2.09. The Balaban J connectivity index is 2.13. The van der Waals surface area contributed by atoms with Crippen LogP contribution in [0.4, 0.5) is 13.2 Å². The minimum atomic E-state index is -4.93. The third kappa shape index (κ3) is 3.62. The topological polar surface area (TPSA) is 84.2 Å². The molecule has 1 aromatic heterocycles. The predicted molar refractivity (Wildman–Crippen MR) is 68.4 cm³/mol. The third-order valence-corrected chi connectivity index (χ3v) is 2.69. The van der Waals surface area contributed by atoms with Crippen LogP contribution in [0, 0.1) is 0 Å². The van der Waals surface area contributed by atoms with Crippen LogP contribution >= 0.6 is 0 Å². The monoisotopic (exact) mass is 313 g/mol. The average molecular weight is 313 g/mol. The standard InChI is InChI=1S/C13H10F3N3O3/c14-13(15,16)12(22)17-7-8-2-1-3-9(6-8)19-5-4-10(18-19)11(20)21/h1-6H,7H2,(H,17,22)(H,20,21). The molecule has 0 atom stereocenters. The highest BCUT2D eigenvalue weighted by Gasteiger charge is 2.38. The lowest BCUT2D eigenvalue weighted by Crippen LogP contribution is -2.36. The SMILES string of the molecule is O=C(O)c1ccn(-c2cccc(CNC(=O)C(F)(F)F)c2)n1. The highest BCUT2D eigenvalue weighted by molar-refractivity contribution is 5.85. The third-order valence-electron chi connectivity index (χ3n) is 2.69. The van der Waals surface area contributed by atoms with E-state index in [1.54, 1.807) is 17.4 Å². The van der Waals surface area contributed by atoms with Crippen molar-refractivity contribution >= 4 is 11.9 Å². The summed E-state index contributed by atoms with van der Waals surface area (Å²) < 4.78 is 37.6. The van der Waals surface area contributed by atoms with Crippen LogP contribution in [0.3, 0.4) is 0 Å². The fraction of sp³-hybridized carbons (Fsp3) is 0.154. The van der Waals surface area contributed by atoms with Crippen molar-refractivity contribution in [3.63, 3.8) is 0 Å². The molecule has 0 fully saturated rings. The maximum absolute atomic E-state index is 12.1. The number of nitrogens with zero attached hydrogens (tertiary/aromatic N) is 2. The molecule has 0 aliphatic heterocycles. The molecule has 116 valence electrons. The zero-order valence-electron chi connectivity index (χ0n) is 11.0. The Bertz CT molecular complexity index is 710. The van der Waals surface area contributed by atoms with Crippen molar-refractivity contribution in [2.45, 2.75) is 12.7 Å². The van der Waals surface area contributed by atoms with E-state index in [0.717, 1.165) is 0 Å². The van der Waals surface area contributed by atoms with Gasteiger partial charge in [-0.1, -0.05) is 12.1 Å². The summed E-state index contributed by atoms with van der Waals surface area (Å²) in [6, 6.07) is 7.48. The molecule has 0 saturated heterocycles. The number of carboxylic acid groups (broad SMARTS) is 1. The van der Waals surface area contributed by atoms with E-state index < -0.39 is 18.1 Å². The first kappa shape index (κ1) is 15.5. The van der Waals surface area contributed by atoms with Gasteiger partial charge in [0.15, 0.2) is 5.69 Å². The van der Waals surface area contributed by atoms with Crippen LogP contribution in [-0.4, -0.2) is 32.9 Å². The van der Waals surface area contributed by atoms with Gasteiger partial charge in [-0.2, -0.15) is 18.3 Å². The van der Waals surface area contributed by atoms with Crippen molar-refractivity contribution in [3.05, 3.63) is 47.8 Å². The van der Waals surface area contributed by atoms with Crippen molar-refractivity contribution in [3.8, 4) is 5.69 Å². The number of alkyl halides is 3. The van der Waals surface area contributed by atoms with Gasteiger partial charge >= 0.3 is 18.1 Å². The molecule has 0 unspecified atom stereocenters. The highest BCUT2D eigenvalue weighted by atomic mass is 19.4. The van der Waals surface area contributed by atoms with Crippen molar-refractivity contribution in [1.82, 2.24) is 15.1 Å². The normalized spacial score (nSPS) is 11.2. The van der Waals surface area contributed by atoms with E-state index in [2.05, 4.69) is 5.10 Å². The van der Waals surface area contributed by atoms with E-state index >= 15 is 0 Å². The summed E-state index contributed by atoms with van der Waals surface area (Å²) >= 11 is 0. The van der Waals surface area contributed by atoms with Crippen LogP contribution in [0.5, 0.6) is 0 Å². The Labute approximate surface area is 122 Å². The molecular weight excluding hydrogens is 303 g/mol. The highest BCUT2D eigenvalue weighted by Crippen LogP contribution is 2.15. The maximum atomic E-state index is 12.1. The number of hydrogen-bond acceptors (Lipinski definition) is 3. The smallest absolute Gasteiger partial charge is 0.471 e. The number of aromatic carboxylic acids is 1. The second-order valence-corrected chi connectivity index (χ2v) is 4.30. The molecule has 1 amide bonds. The lowest BCUT2D eigenvalue weighted by atomic mass is 10.2. The van der Waals surface area contributed by atoms with Gasteiger partial charge in [-0.25, -0.2) is 9.48 Å². The first-order chi connectivity index (χ1) is 10.3. The molecule has 2 N–H and O–H groups in total. The summed E-state index contributed by atoms with van der Waals surface area (Å²) in [7, 11) is 0. The van der Waals surface area contributed by atoms with E-state index in [1.807, 2.05) is 0 Å². The van der Waals surface area contributed by atoms with Crippen LogP contribution < -0.4 is 5.32 Å². The summed E-state index contributed by atoms with van der Waals surface area (Å²) in [6.45, 7) is -0.306. The molecule has 0 radical (unpaired) electrons. The molecule has 6 nitrogen and oxygen atoms in total. The number of nitrogens with one attached hydrogen (secondary N) is 1. The predicted octanol–water partition coefficient (Wildman–Crippen LogP) is 1.75. The quantitative estimate of drug-likeness (QED) is 0.900. The second-order valence-electron chi connectivity index (χ2n) is 4.30. The Morgan fingerprint density at radius 1 is 1.27 bits per heavy atom. The van der Waals surface area contributed by atoms with Crippen LogP contribution in [-0.2, 0) is 11.3 Å². The molecule has 0 aliphatic carbocycles. The molecule has 0 saturated carbocycles. The molecule has 0 aliphatic rings. The van der Waals surface area contributed by atoms with E-state index in [1.165, 1.54) is 29.1 Å². The van der Waals surface area contributed by atoms with Gasteiger partial charge in [0.1, 0.15) is 0 Å². The minimum absolute atomic E-state index is 0.157. The summed E-state index contributed by atoms with van der Waals surface area (Å²) in [6.07, 6.45) is -3.52. The van der Waals surface area contributed by atoms with Gasteiger partial charge in [0.25, 0.3) is 0 Å². The zero-order valence-corrected chi connectivity index (χ0v) is 11.0. The first-order valence-corrected chi connectivity index (χ1v) is 6.00. The number of rotatable bonds is 4. The van der Waals surface area contributed by atoms with Crippen LogP contribution in [0.1, 0.15) is 16.1 Å². The largest absolute Gasteiger partial charge is 0.476 e. The van der Waals surface area contributed by atoms with Gasteiger partial charge in [0, 0.05) is 12.7 Å². The molecule has 2 aromatic rings. The van der Waals surface area contributed by atoms with E-state index in [9.17, 15) is 22.8 Å². The van der Waals surface area contributed by atoms with E-state index in [-0.39, 0.29) is 12.2 Å². The summed E-state index contributed by atoms with van der Waals surface area (Å²) in [5, 5.41) is 14.4. The van der Waals surface area contributed by atoms with Crippen molar-refractivity contribution in [2.24, 2.45) is 0 Å². The zero-order chi connectivity index (χ0) is 16.3. The van der Waals surface area contributed by atoms with Gasteiger partial charge in [-0.3, -0.25) is 4.79 Å². The number of carboxylic acids is 1. The molecule has 22 heavy (non-hydrogen) atoms. The molecule has 1 heterocycles. The Hall–Kier alpha value is -2.84. The number of amides is 1. The van der Waals surface area contributed by atoms with Crippen molar-refractivity contribution < 1.29 is 27.9 Å². The molecule has 0 spiro atoms. The van der Waals surface area contributed by atoms with Gasteiger partial charge in [-0.05, 0) is 23.8 Å². The van der Waals surface area contributed by atoms with Gasteiger partial charge in [0.2, 0.25) is 0 Å². The van der Waals surface area contributed by atoms with E-state index in [0.29, 0.717) is 11.3 Å². The van der Waals surface area contributed by atoms with Crippen LogP contribution in [0.2, 0.25) is 0 Å². The van der Waals surface area contributed by atoms with Crippen molar-refractivity contribution in [2.75, 3.05) is 0 Å². The number of aromatic nitrogens is 2.